The number of hydrogen-bond donors (Lipinski definition) is 4. The number of aromatic hydroxyl groups is 2. The van der Waals surface area contributed by atoms with Crippen molar-refractivity contribution in [3.05, 3.63) is 23.8 Å². The maximum Gasteiger partial charge on any atom is 0.320 e. The number of nitrogens with two attached hydrogens (primary N) is 1. The van der Waals surface area contributed by atoms with E-state index in [9.17, 15) is 9.90 Å². The third-order valence-corrected chi connectivity index (χ3v) is 1.82. The van der Waals surface area contributed by atoms with Crippen molar-refractivity contribution in [3.8, 4) is 11.5 Å². The molecule has 0 saturated carbocycles. The number of carboxylic acid groups (broad SMARTS) is 1. The molecular weight excluding hydrogens is 186 g/mol. The van der Waals surface area contributed by atoms with E-state index in [-0.39, 0.29) is 17.9 Å². The van der Waals surface area contributed by atoms with E-state index in [4.69, 9.17) is 15.9 Å². The molecule has 1 aromatic rings. The first kappa shape index (κ1) is 10.3. The fourth-order valence-electron chi connectivity index (χ4n) is 1.06. The van der Waals surface area contributed by atoms with E-state index >= 15 is 0 Å². The molecule has 1 atom stereocenters. The molecule has 0 fully saturated rings. The molecule has 1 rings (SSSR count). The van der Waals surface area contributed by atoms with Crippen LogP contribution in [0.1, 0.15) is 5.56 Å². The topological polar surface area (TPSA) is 104 Å². The first-order valence-electron chi connectivity index (χ1n) is 4.00. The van der Waals surface area contributed by atoms with Gasteiger partial charge in [0.2, 0.25) is 0 Å². The summed E-state index contributed by atoms with van der Waals surface area (Å²) in [4.78, 5) is 10.4. The molecular formula is C9H11NO4. The molecule has 0 saturated heterocycles. The van der Waals surface area contributed by atoms with Gasteiger partial charge in [-0.3, -0.25) is 4.79 Å². The van der Waals surface area contributed by atoms with Gasteiger partial charge in [0.25, 0.3) is 0 Å². The van der Waals surface area contributed by atoms with Gasteiger partial charge in [0, 0.05) is 6.42 Å². The first-order valence-corrected chi connectivity index (χ1v) is 4.00. The molecule has 0 aliphatic heterocycles. The molecule has 0 heterocycles. The molecule has 0 radical (unpaired) electrons. The van der Waals surface area contributed by atoms with Crippen LogP contribution in [0, 0.1) is 0 Å². The quantitative estimate of drug-likeness (QED) is 0.513. The first-order chi connectivity index (χ1) is 6.50. The summed E-state index contributed by atoms with van der Waals surface area (Å²) in [6, 6.07) is 2.81. The number of phenols is 2. The Morgan fingerprint density at radius 1 is 1.43 bits per heavy atom. The van der Waals surface area contributed by atoms with Crippen LogP contribution in [0.15, 0.2) is 18.2 Å². The molecule has 0 unspecified atom stereocenters. The number of carboxylic acids is 1. The number of carbonyl (C=O) groups is 1. The maximum atomic E-state index is 10.4. The number of hydrogen-bond acceptors (Lipinski definition) is 4. The highest BCUT2D eigenvalue weighted by molar-refractivity contribution is 5.73. The van der Waals surface area contributed by atoms with E-state index in [0.717, 1.165) is 0 Å². The SMILES string of the molecule is N[C@H](Cc1cc(O)ccc1O)C(=O)O. The predicted octanol–water partition coefficient (Wildman–Crippen LogP) is 0.0522. The van der Waals surface area contributed by atoms with Crippen molar-refractivity contribution in [3.63, 3.8) is 0 Å². The smallest absolute Gasteiger partial charge is 0.320 e. The second-order valence-corrected chi connectivity index (χ2v) is 2.96. The summed E-state index contributed by atoms with van der Waals surface area (Å²) in [7, 11) is 0. The van der Waals surface area contributed by atoms with Gasteiger partial charge < -0.3 is 21.1 Å². The Balaban J connectivity index is 2.85. The van der Waals surface area contributed by atoms with E-state index in [1.54, 1.807) is 0 Å². The Labute approximate surface area is 80.4 Å². The Hall–Kier alpha value is -1.75. The van der Waals surface area contributed by atoms with Gasteiger partial charge in [-0.1, -0.05) is 0 Å². The molecule has 5 nitrogen and oxygen atoms in total. The predicted molar refractivity (Wildman–Crippen MR) is 49.1 cm³/mol. The lowest BCUT2D eigenvalue weighted by Crippen LogP contribution is -2.32. The van der Waals surface area contributed by atoms with Crippen molar-refractivity contribution in [1.29, 1.82) is 0 Å². The molecule has 0 bridgehead atoms. The van der Waals surface area contributed by atoms with Gasteiger partial charge in [0.15, 0.2) is 0 Å². The van der Waals surface area contributed by atoms with Gasteiger partial charge in [-0.2, -0.15) is 0 Å². The second kappa shape index (κ2) is 3.97. The van der Waals surface area contributed by atoms with Crippen LogP contribution < -0.4 is 5.73 Å². The zero-order valence-electron chi connectivity index (χ0n) is 7.34. The van der Waals surface area contributed by atoms with Crippen LogP contribution in [0.5, 0.6) is 11.5 Å². The van der Waals surface area contributed by atoms with Crippen LogP contribution >= 0.6 is 0 Å². The minimum atomic E-state index is -1.15. The van der Waals surface area contributed by atoms with Crippen molar-refractivity contribution in [2.75, 3.05) is 0 Å². The summed E-state index contributed by atoms with van der Waals surface area (Å²) >= 11 is 0. The van der Waals surface area contributed by atoms with Crippen LogP contribution in [-0.2, 0) is 11.2 Å². The van der Waals surface area contributed by atoms with Crippen molar-refractivity contribution in [2.24, 2.45) is 5.73 Å². The van der Waals surface area contributed by atoms with E-state index in [2.05, 4.69) is 0 Å². The molecule has 5 heteroatoms. The minimum Gasteiger partial charge on any atom is -0.508 e. The summed E-state index contributed by atoms with van der Waals surface area (Å²) in [5.41, 5.74) is 5.59. The van der Waals surface area contributed by atoms with Gasteiger partial charge in [0.05, 0.1) is 0 Å². The maximum absolute atomic E-state index is 10.4. The monoisotopic (exact) mass is 197 g/mol. The van der Waals surface area contributed by atoms with Crippen LogP contribution in [0.25, 0.3) is 0 Å². The molecule has 1 aromatic carbocycles. The van der Waals surface area contributed by atoms with Gasteiger partial charge in [-0.05, 0) is 23.8 Å². The van der Waals surface area contributed by atoms with Crippen LogP contribution in [0.3, 0.4) is 0 Å². The van der Waals surface area contributed by atoms with E-state index in [1.807, 2.05) is 0 Å². The third-order valence-electron chi connectivity index (χ3n) is 1.82. The van der Waals surface area contributed by atoms with Gasteiger partial charge >= 0.3 is 5.97 Å². The Kier molecular flexibility index (Phi) is 2.93. The molecule has 0 aliphatic rings. The zero-order chi connectivity index (χ0) is 10.7. The normalized spacial score (nSPS) is 12.4. The molecule has 0 spiro atoms. The summed E-state index contributed by atoms with van der Waals surface area (Å²) in [5, 5.41) is 26.9. The molecule has 76 valence electrons. The average molecular weight is 197 g/mol. The average Bonchev–Trinajstić information content (AvgIpc) is 2.11. The molecule has 5 N–H and O–H groups in total. The van der Waals surface area contributed by atoms with Crippen molar-refractivity contribution >= 4 is 5.97 Å². The summed E-state index contributed by atoms with van der Waals surface area (Å²) < 4.78 is 0. The molecule has 14 heavy (non-hydrogen) atoms. The van der Waals surface area contributed by atoms with E-state index in [1.165, 1.54) is 18.2 Å². The zero-order valence-corrected chi connectivity index (χ0v) is 7.34. The number of phenolic OH excluding ortho intramolecular Hbond substituents is 2. The van der Waals surface area contributed by atoms with Gasteiger partial charge in [0.1, 0.15) is 17.5 Å². The highest BCUT2D eigenvalue weighted by atomic mass is 16.4. The summed E-state index contributed by atoms with van der Waals surface area (Å²) in [6.45, 7) is 0. The van der Waals surface area contributed by atoms with E-state index in [0.29, 0.717) is 5.56 Å². The Morgan fingerprint density at radius 2 is 2.07 bits per heavy atom. The Bertz CT molecular complexity index is 351. The van der Waals surface area contributed by atoms with Crippen LogP contribution in [0.4, 0.5) is 0 Å². The van der Waals surface area contributed by atoms with Crippen molar-refractivity contribution in [2.45, 2.75) is 12.5 Å². The molecule has 0 aromatic heterocycles. The highest BCUT2D eigenvalue weighted by Crippen LogP contribution is 2.22. The standard InChI is InChI=1S/C9H11NO4/c10-7(9(13)14)4-5-3-6(11)1-2-8(5)12/h1-3,7,11-12H,4,10H2,(H,13,14)/t7-/m1/s1. The second-order valence-electron chi connectivity index (χ2n) is 2.96. The Morgan fingerprint density at radius 3 is 2.64 bits per heavy atom. The molecule has 0 amide bonds. The lowest BCUT2D eigenvalue weighted by atomic mass is 10.1. The number of benzene rings is 1. The number of rotatable bonds is 3. The van der Waals surface area contributed by atoms with Crippen LogP contribution in [-0.4, -0.2) is 27.3 Å². The highest BCUT2D eigenvalue weighted by Gasteiger charge is 2.14. The third kappa shape index (κ3) is 2.37. The largest absolute Gasteiger partial charge is 0.508 e. The van der Waals surface area contributed by atoms with Gasteiger partial charge in [-0.15, -0.1) is 0 Å². The van der Waals surface area contributed by atoms with Crippen molar-refractivity contribution < 1.29 is 20.1 Å². The van der Waals surface area contributed by atoms with Crippen LogP contribution in [0.2, 0.25) is 0 Å². The molecule has 0 aliphatic carbocycles. The van der Waals surface area contributed by atoms with Crippen molar-refractivity contribution in [1.82, 2.24) is 0 Å². The minimum absolute atomic E-state index is 0.0183. The summed E-state index contributed by atoms with van der Waals surface area (Å²) in [6.07, 6.45) is -0.0183. The summed E-state index contributed by atoms with van der Waals surface area (Å²) in [5.74, 6) is -1.25. The lowest BCUT2D eigenvalue weighted by Gasteiger charge is -2.08. The number of aliphatic carboxylic acids is 1. The fourth-order valence-corrected chi connectivity index (χ4v) is 1.06. The van der Waals surface area contributed by atoms with Gasteiger partial charge in [-0.25, -0.2) is 0 Å². The lowest BCUT2D eigenvalue weighted by molar-refractivity contribution is -0.138. The van der Waals surface area contributed by atoms with E-state index < -0.39 is 12.0 Å². The fraction of sp³-hybridized carbons (Fsp3) is 0.222.